The van der Waals surface area contributed by atoms with Gasteiger partial charge in [-0.2, -0.15) is 5.10 Å². The molecule has 0 amide bonds. The molecule has 92 valence electrons. The number of nitrogens with one attached hydrogen (secondary N) is 1. The maximum atomic E-state index is 5.64. The summed E-state index contributed by atoms with van der Waals surface area (Å²) in [5, 5.41) is 5.70. The van der Waals surface area contributed by atoms with Gasteiger partial charge < -0.3 is 10.7 Å². The summed E-state index contributed by atoms with van der Waals surface area (Å²) in [6.07, 6.45) is 2.04. The van der Waals surface area contributed by atoms with Gasteiger partial charge in [0.25, 0.3) is 0 Å². The van der Waals surface area contributed by atoms with Gasteiger partial charge in [0.05, 0.1) is 17.9 Å². The third-order valence-corrected chi connectivity index (χ3v) is 3.11. The van der Waals surface area contributed by atoms with E-state index in [2.05, 4.69) is 34.3 Å². The lowest BCUT2D eigenvalue weighted by atomic mass is 10.1. The molecule has 0 aliphatic heterocycles. The van der Waals surface area contributed by atoms with Crippen LogP contribution in [-0.2, 0) is 6.54 Å². The van der Waals surface area contributed by atoms with Crippen molar-refractivity contribution in [3.8, 4) is 11.3 Å². The average Bonchev–Trinajstić information content (AvgIpc) is 2.93. The Morgan fingerprint density at radius 2 is 2.17 bits per heavy atom. The number of benzene rings is 1. The summed E-state index contributed by atoms with van der Waals surface area (Å²) in [5.41, 5.74) is 10.1. The molecule has 3 aromatic rings. The van der Waals surface area contributed by atoms with E-state index in [0.717, 1.165) is 23.4 Å². The molecule has 0 atom stereocenters. The quantitative estimate of drug-likeness (QED) is 0.738. The van der Waals surface area contributed by atoms with Crippen molar-refractivity contribution in [2.24, 2.45) is 5.73 Å². The molecule has 18 heavy (non-hydrogen) atoms. The van der Waals surface area contributed by atoms with Crippen LogP contribution < -0.4 is 5.73 Å². The van der Waals surface area contributed by atoms with Crippen molar-refractivity contribution >= 4 is 10.9 Å². The van der Waals surface area contributed by atoms with Crippen LogP contribution in [0.25, 0.3) is 22.2 Å². The minimum Gasteiger partial charge on any atom is -0.360 e. The molecule has 0 bridgehead atoms. The Labute approximate surface area is 105 Å². The van der Waals surface area contributed by atoms with Crippen molar-refractivity contribution in [2.75, 3.05) is 6.54 Å². The van der Waals surface area contributed by atoms with Gasteiger partial charge in [0.2, 0.25) is 0 Å². The van der Waals surface area contributed by atoms with E-state index in [-0.39, 0.29) is 0 Å². The molecular formula is C14H16N4. The molecule has 0 aliphatic rings. The molecule has 1 aromatic carbocycles. The molecule has 0 spiro atoms. The Balaban J connectivity index is 2.19. The summed E-state index contributed by atoms with van der Waals surface area (Å²) in [5.74, 6) is 0. The van der Waals surface area contributed by atoms with Gasteiger partial charge in [0, 0.05) is 29.2 Å². The minimum absolute atomic E-state index is 0.594. The Kier molecular flexibility index (Phi) is 2.64. The molecule has 0 aliphatic carbocycles. The first-order valence-corrected chi connectivity index (χ1v) is 6.10. The lowest BCUT2D eigenvalue weighted by Gasteiger charge is -2.04. The van der Waals surface area contributed by atoms with Gasteiger partial charge in [0.1, 0.15) is 0 Å². The van der Waals surface area contributed by atoms with Crippen LogP contribution in [-0.4, -0.2) is 21.3 Å². The van der Waals surface area contributed by atoms with Crippen molar-refractivity contribution < 1.29 is 0 Å². The number of para-hydroxylation sites is 1. The molecule has 2 aromatic heterocycles. The van der Waals surface area contributed by atoms with E-state index in [9.17, 15) is 0 Å². The fraction of sp³-hybridized carbons (Fsp3) is 0.214. The Morgan fingerprint density at radius 1 is 1.33 bits per heavy atom. The van der Waals surface area contributed by atoms with Crippen molar-refractivity contribution in [1.82, 2.24) is 14.8 Å². The highest BCUT2D eigenvalue weighted by Crippen LogP contribution is 2.28. The number of rotatable bonds is 3. The van der Waals surface area contributed by atoms with E-state index < -0.39 is 0 Å². The molecule has 3 rings (SSSR count). The van der Waals surface area contributed by atoms with E-state index in [1.807, 2.05) is 23.9 Å². The number of H-pyrrole nitrogens is 1. The van der Waals surface area contributed by atoms with E-state index in [4.69, 9.17) is 5.73 Å². The van der Waals surface area contributed by atoms with Crippen LogP contribution in [0, 0.1) is 6.92 Å². The number of aryl methyl sites for hydroxylation is 1. The Morgan fingerprint density at radius 3 is 3.00 bits per heavy atom. The van der Waals surface area contributed by atoms with E-state index in [1.54, 1.807) is 0 Å². The van der Waals surface area contributed by atoms with E-state index in [0.29, 0.717) is 6.54 Å². The molecule has 4 nitrogen and oxygen atoms in total. The smallest absolute Gasteiger partial charge is 0.0707 e. The lowest BCUT2D eigenvalue weighted by Crippen LogP contribution is -2.12. The fourth-order valence-electron chi connectivity index (χ4n) is 2.34. The monoisotopic (exact) mass is 240 g/mol. The summed E-state index contributed by atoms with van der Waals surface area (Å²) in [6, 6.07) is 10.4. The third-order valence-electron chi connectivity index (χ3n) is 3.11. The number of nitrogens with two attached hydrogens (primary N) is 1. The number of aromatic amines is 1. The zero-order valence-corrected chi connectivity index (χ0v) is 10.4. The maximum Gasteiger partial charge on any atom is 0.0707 e. The van der Waals surface area contributed by atoms with Crippen LogP contribution >= 0.6 is 0 Å². The van der Waals surface area contributed by atoms with Gasteiger partial charge in [-0.15, -0.1) is 0 Å². The first kappa shape index (κ1) is 11.0. The van der Waals surface area contributed by atoms with Gasteiger partial charge in [0.15, 0.2) is 0 Å². The van der Waals surface area contributed by atoms with Crippen LogP contribution in [0.4, 0.5) is 0 Å². The standard InChI is InChI=1S/C14H16N4/c1-10-8-14(18(17-10)7-6-15)12-9-16-13-5-3-2-4-11(12)13/h2-5,8-9,16H,6-7,15H2,1H3. The fourth-order valence-corrected chi connectivity index (χ4v) is 2.34. The second-order valence-corrected chi connectivity index (χ2v) is 4.43. The molecule has 2 heterocycles. The predicted octanol–water partition coefficient (Wildman–Crippen LogP) is 2.30. The van der Waals surface area contributed by atoms with Crippen LogP contribution in [0.1, 0.15) is 5.69 Å². The normalized spacial score (nSPS) is 11.2. The van der Waals surface area contributed by atoms with Crippen LogP contribution in [0.5, 0.6) is 0 Å². The lowest BCUT2D eigenvalue weighted by molar-refractivity contribution is 0.626. The maximum absolute atomic E-state index is 5.64. The topological polar surface area (TPSA) is 59.6 Å². The SMILES string of the molecule is Cc1cc(-c2c[nH]c3ccccc23)n(CCN)n1. The highest BCUT2D eigenvalue weighted by molar-refractivity contribution is 5.94. The molecule has 0 fully saturated rings. The first-order chi connectivity index (χ1) is 8.79. The van der Waals surface area contributed by atoms with Gasteiger partial charge >= 0.3 is 0 Å². The first-order valence-electron chi connectivity index (χ1n) is 6.10. The largest absolute Gasteiger partial charge is 0.360 e. The Hall–Kier alpha value is -2.07. The molecule has 4 heteroatoms. The zero-order chi connectivity index (χ0) is 12.5. The second kappa shape index (κ2) is 4.31. The van der Waals surface area contributed by atoms with E-state index >= 15 is 0 Å². The molecular weight excluding hydrogens is 224 g/mol. The van der Waals surface area contributed by atoms with Crippen molar-refractivity contribution in [1.29, 1.82) is 0 Å². The van der Waals surface area contributed by atoms with Crippen molar-refractivity contribution in [3.63, 3.8) is 0 Å². The number of hydrogen-bond acceptors (Lipinski definition) is 2. The molecule has 0 radical (unpaired) electrons. The van der Waals surface area contributed by atoms with Gasteiger partial charge in [-0.05, 0) is 19.1 Å². The summed E-state index contributed by atoms with van der Waals surface area (Å²) >= 11 is 0. The van der Waals surface area contributed by atoms with Gasteiger partial charge in [-0.25, -0.2) is 0 Å². The Bertz CT molecular complexity index is 678. The van der Waals surface area contributed by atoms with Crippen LogP contribution in [0.2, 0.25) is 0 Å². The molecule has 0 unspecified atom stereocenters. The van der Waals surface area contributed by atoms with Gasteiger partial charge in [-0.1, -0.05) is 18.2 Å². The second-order valence-electron chi connectivity index (χ2n) is 4.43. The predicted molar refractivity (Wildman–Crippen MR) is 73.3 cm³/mol. The zero-order valence-electron chi connectivity index (χ0n) is 10.4. The molecule has 0 saturated carbocycles. The molecule has 3 N–H and O–H groups in total. The van der Waals surface area contributed by atoms with Crippen molar-refractivity contribution in [2.45, 2.75) is 13.5 Å². The number of nitrogens with zero attached hydrogens (tertiary/aromatic N) is 2. The molecule has 0 saturated heterocycles. The summed E-state index contributed by atoms with van der Waals surface area (Å²) in [4.78, 5) is 3.29. The van der Waals surface area contributed by atoms with Crippen LogP contribution in [0.3, 0.4) is 0 Å². The van der Waals surface area contributed by atoms with Gasteiger partial charge in [-0.3, -0.25) is 4.68 Å². The van der Waals surface area contributed by atoms with Crippen molar-refractivity contribution in [3.05, 3.63) is 42.2 Å². The number of aromatic nitrogens is 3. The number of hydrogen-bond donors (Lipinski definition) is 2. The minimum atomic E-state index is 0.594. The highest BCUT2D eigenvalue weighted by atomic mass is 15.3. The number of fused-ring (bicyclic) bond motifs is 1. The summed E-state index contributed by atoms with van der Waals surface area (Å²) in [7, 11) is 0. The van der Waals surface area contributed by atoms with Crippen LogP contribution in [0.15, 0.2) is 36.5 Å². The highest BCUT2D eigenvalue weighted by Gasteiger charge is 2.11. The average molecular weight is 240 g/mol. The summed E-state index contributed by atoms with van der Waals surface area (Å²) in [6.45, 7) is 3.34. The van der Waals surface area contributed by atoms with E-state index in [1.165, 1.54) is 10.9 Å². The third kappa shape index (κ3) is 1.71. The summed E-state index contributed by atoms with van der Waals surface area (Å²) < 4.78 is 1.98.